The maximum atomic E-state index is 3.98. The molecule has 0 aliphatic carbocycles. The van der Waals surface area contributed by atoms with Crippen LogP contribution in [0, 0.1) is 0 Å². The van der Waals surface area contributed by atoms with Crippen LogP contribution >= 0.6 is 22.6 Å². The monoisotopic (exact) mass is 241 g/mol. The predicted molar refractivity (Wildman–Crippen MR) is 49.3 cm³/mol. The molecule has 54 valence electrons. The summed E-state index contributed by atoms with van der Waals surface area (Å²) in [6, 6.07) is 0. The highest BCUT2D eigenvalue weighted by Crippen LogP contribution is 1.73. The summed E-state index contributed by atoms with van der Waals surface area (Å²) in [7, 11) is 3.65. The summed E-state index contributed by atoms with van der Waals surface area (Å²) in [5.74, 6) is 0.992. The van der Waals surface area contributed by atoms with Crippen molar-refractivity contribution >= 4 is 28.4 Å². The molecular formula is C5H12IN3. The predicted octanol–water partition coefficient (Wildman–Crippen LogP) is 0.216. The van der Waals surface area contributed by atoms with Gasteiger partial charge in [-0.05, 0) is 0 Å². The van der Waals surface area contributed by atoms with Gasteiger partial charge in [-0.15, -0.1) is 0 Å². The second-order valence-electron chi connectivity index (χ2n) is 1.48. The van der Waals surface area contributed by atoms with Crippen molar-refractivity contribution in [1.29, 1.82) is 0 Å². The Balaban J connectivity index is 3.33. The molecule has 0 aromatic carbocycles. The molecule has 0 spiro atoms. The van der Waals surface area contributed by atoms with E-state index in [1.54, 1.807) is 7.05 Å². The van der Waals surface area contributed by atoms with Crippen molar-refractivity contribution in [2.24, 2.45) is 4.99 Å². The van der Waals surface area contributed by atoms with Crippen LogP contribution in [-0.2, 0) is 0 Å². The Hall–Kier alpha value is 0.160. The van der Waals surface area contributed by atoms with Crippen LogP contribution in [0.15, 0.2) is 4.99 Å². The number of nitrogens with one attached hydrogen (secondary N) is 2. The fraction of sp³-hybridized carbons (Fsp3) is 0.800. The summed E-state index contributed by atoms with van der Waals surface area (Å²) < 4.78 is 0.957. The van der Waals surface area contributed by atoms with Gasteiger partial charge in [0.05, 0.1) is 6.54 Å². The van der Waals surface area contributed by atoms with Crippen LogP contribution in [0.4, 0.5) is 0 Å². The lowest BCUT2D eigenvalue weighted by molar-refractivity contribution is 0.900. The molecule has 0 aliphatic rings. The van der Waals surface area contributed by atoms with Crippen LogP contribution in [0.25, 0.3) is 0 Å². The van der Waals surface area contributed by atoms with E-state index >= 15 is 0 Å². The van der Waals surface area contributed by atoms with Crippen molar-refractivity contribution in [3.05, 3.63) is 0 Å². The van der Waals surface area contributed by atoms with Crippen molar-refractivity contribution < 1.29 is 0 Å². The molecule has 0 bridgehead atoms. The van der Waals surface area contributed by atoms with E-state index in [2.05, 4.69) is 38.2 Å². The molecular weight excluding hydrogens is 229 g/mol. The highest BCUT2D eigenvalue weighted by Gasteiger charge is 1.89. The summed E-state index contributed by atoms with van der Waals surface area (Å²) in [6.45, 7) is 0.829. The van der Waals surface area contributed by atoms with Crippen molar-refractivity contribution in [2.75, 3.05) is 25.2 Å². The minimum atomic E-state index is 0.829. The van der Waals surface area contributed by atoms with Crippen LogP contribution in [-0.4, -0.2) is 31.0 Å². The summed E-state index contributed by atoms with van der Waals surface area (Å²) in [6.07, 6.45) is 0. The SMILES string of the molecule is C/N=C(\CNCI)NC. The number of likely N-dealkylation sites (N-methyl/N-ethyl adjacent to an activating group) is 1. The van der Waals surface area contributed by atoms with Crippen LogP contribution in [0.2, 0.25) is 0 Å². The van der Waals surface area contributed by atoms with Crippen molar-refractivity contribution in [3.8, 4) is 0 Å². The van der Waals surface area contributed by atoms with Crippen LogP contribution in [0.3, 0.4) is 0 Å². The summed E-state index contributed by atoms with van der Waals surface area (Å²) in [5, 5.41) is 6.11. The Morgan fingerprint density at radius 2 is 2.33 bits per heavy atom. The third kappa shape index (κ3) is 4.65. The minimum Gasteiger partial charge on any atom is -0.376 e. The second kappa shape index (κ2) is 6.28. The molecule has 0 rings (SSSR count). The van der Waals surface area contributed by atoms with Gasteiger partial charge in [-0.1, -0.05) is 22.6 Å². The first kappa shape index (κ1) is 9.16. The smallest absolute Gasteiger partial charge is 0.110 e. The quantitative estimate of drug-likeness (QED) is 0.244. The number of amidine groups is 1. The van der Waals surface area contributed by atoms with E-state index in [-0.39, 0.29) is 0 Å². The lowest BCUT2D eigenvalue weighted by Gasteiger charge is -2.02. The fourth-order valence-corrected chi connectivity index (χ4v) is 0.715. The highest BCUT2D eigenvalue weighted by molar-refractivity contribution is 14.1. The number of halogens is 1. The molecule has 0 fully saturated rings. The Bertz CT molecular complexity index is 92.2. The first-order chi connectivity index (χ1) is 4.35. The molecule has 0 saturated carbocycles. The summed E-state index contributed by atoms with van der Waals surface area (Å²) in [4.78, 5) is 3.98. The van der Waals surface area contributed by atoms with E-state index in [4.69, 9.17) is 0 Å². The third-order valence-electron chi connectivity index (χ3n) is 0.945. The maximum Gasteiger partial charge on any atom is 0.110 e. The molecule has 0 unspecified atom stereocenters. The average Bonchev–Trinajstić information content (AvgIpc) is 1.91. The van der Waals surface area contributed by atoms with E-state index in [0.717, 1.165) is 16.9 Å². The van der Waals surface area contributed by atoms with Gasteiger partial charge >= 0.3 is 0 Å². The normalized spacial score (nSPS) is 11.7. The molecule has 0 aromatic heterocycles. The Labute approximate surface area is 69.5 Å². The van der Waals surface area contributed by atoms with Gasteiger partial charge in [0.15, 0.2) is 0 Å². The number of nitrogens with zero attached hydrogens (tertiary/aromatic N) is 1. The summed E-state index contributed by atoms with van der Waals surface area (Å²) >= 11 is 2.26. The van der Waals surface area contributed by atoms with Crippen LogP contribution in [0.5, 0.6) is 0 Å². The molecule has 2 N–H and O–H groups in total. The van der Waals surface area contributed by atoms with Gasteiger partial charge in [0.1, 0.15) is 5.84 Å². The molecule has 0 aliphatic heterocycles. The van der Waals surface area contributed by atoms with E-state index in [1.807, 2.05) is 7.05 Å². The molecule has 9 heavy (non-hydrogen) atoms. The van der Waals surface area contributed by atoms with Crippen LogP contribution < -0.4 is 10.6 Å². The van der Waals surface area contributed by atoms with Gasteiger partial charge in [0.2, 0.25) is 0 Å². The van der Waals surface area contributed by atoms with Gasteiger partial charge < -0.3 is 10.6 Å². The number of hydrogen-bond acceptors (Lipinski definition) is 2. The Morgan fingerprint density at radius 1 is 1.67 bits per heavy atom. The second-order valence-corrected chi connectivity index (χ2v) is 2.24. The zero-order valence-corrected chi connectivity index (χ0v) is 7.90. The zero-order valence-electron chi connectivity index (χ0n) is 5.74. The fourth-order valence-electron chi connectivity index (χ4n) is 0.445. The average molecular weight is 241 g/mol. The van der Waals surface area contributed by atoms with E-state index in [1.165, 1.54) is 0 Å². The van der Waals surface area contributed by atoms with Gasteiger partial charge in [0.25, 0.3) is 0 Å². The molecule has 4 heteroatoms. The van der Waals surface area contributed by atoms with Gasteiger partial charge in [-0.3, -0.25) is 4.99 Å². The number of rotatable bonds is 3. The van der Waals surface area contributed by atoms with Crippen molar-refractivity contribution in [2.45, 2.75) is 0 Å². The van der Waals surface area contributed by atoms with E-state index < -0.39 is 0 Å². The number of aliphatic imine (C=N–C) groups is 1. The largest absolute Gasteiger partial charge is 0.376 e. The molecule has 0 aromatic rings. The molecule has 0 radical (unpaired) electrons. The number of alkyl halides is 1. The molecule has 0 heterocycles. The molecule has 0 atom stereocenters. The van der Waals surface area contributed by atoms with Gasteiger partial charge in [-0.25, -0.2) is 0 Å². The van der Waals surface area contributed by atoms with Crippen molar-refractivity contribution in [1.82, 2.24) is 10.6 Å². The first-order valence-electron chi connectivity index (χ1n) is 2.75. The molecule has 0 amide bonds. The Morgan fingerprint density at radius 3 is 2.67 bits per heavy atom. The lowest BCUT2D eigenvalue weighted by atomic mass is 10.6. The maximum absolute atomic E-state index is 3.98. The van der Waals surface area contributed by atoms with Crippen LogP contribution in [0.1, 0.15) is 0 Å². The lowest BCUT2D eigenvalue weighted by Crippen LogP contribution is -2.30. The first-order valence-corrected chi connectivity index (χ1v) is 4.27. The topological polar surface area (TPSA) is 36.4 Å². The van der Waals surface area contributed by atoms with Crippen molar-refractivity contribution in [3.63, 3.8) is 0 Å². The number of hydrogen-bond donors (Lipinski definition) is 2. The zero-order chi connectivity index (χ0) is 7.11. The Kier molecular flexibility index (Phi) is 6.39. The van der Waals surface area contributed by atoms with E-state index in [9.17, 15) is 0 Å². The highest BCUT2D eigenvalue weighted by atomic mass is 127. The summed E-state index contributed by atoms with van der Waals surface area (Å²) in [5.41, 5.74) is 0. The third-order valence-corrected chi connectivity index (χ3v) is 1.48. The van der Waals surface area contributed by atoms with E-state index in [0.29, 0.717) is 0 Å². The minimum absolute atomic E-state index is 0.829. The standard InChI is InChI=1S/C5H12IN3/c1-7-5(8-2)3-9-4-6/h9H,3-4H2,1-2H3,(H,7,8). The van der Waals surface area contributed by atoms with Gasteiger partial charge in [0, 0.05) is 18.6 Å². The van der Waals surface area contributed by atoms with Gasteiger partial charge in [-0.2, -0.15) is 0 Å². The molecule has 3 nitrogen and oxygen atoms in total. The molecule has 0 saturated heterocycles.